The summed E-state index contributed by atoms with van der Waals surface area (Å²) in [5.74, 6) is 0.314. The van der Waals surface area contributed by atoms with Gasteiger partial charge in [0.25, 0.3) is 0 Å². The van der Waals surface area contributed by atoms with Crippen molar-refractivity contribution in [2.24, 2.45) is 0 Å². The highest BCUT2D eigenvalue weighted by Crippen LogP contribution is 2.25. The Morgan fingerprint density at radius 1 is 1.18 bits per heavy atom. The summed E-state index contributed by atoms with van der Waals surface area (Å²) in [6.07, 6.45) is -5.01. The van der Waals surface area contributed by atoms with Crippen molar-refractivity contribution in [3.8, 4) is 5.75 Å². The van der Waals surface area contributed by atoms with Crippen LogP contribution < -0.4 is 10.4 Å². The minimum Gasteiger partial charge on any atom is -0.462 e. The fourth-order valence-corrected chi connectivity index (χ4v) is 2.40. The summed E-state index contributed by atoms with van der Waals surface area (Å²) in [5, 5.41) is 29.6. The van der Waals surface area contributed by atoms with Crippen molar-refractivity contribution in [2.75, 3.05) is 6.61 Å². The number of hydrogen-bond acceptors (Lipinski definition) is 7. The fourth-order valence-electron chi connectivity index (χ4n) is 2.40. The van der Waals surface area contributed by atoms with E-state index in [1.165, 1.54) is 12.1 Å². The number of ether oxygens (including phenoxy) is 2. The maximum atomic E-state index is 11.4. The molecule has 7 nitrogen and oxygen atoms in total. The third-order valence-electron chi connectivity index (χ3n) is 3.63. The number of aryl methyl sites for hydroxylation is 1. The van der Waals surface area contributed by atoms with E-state index >= 15 is 0 Å². The van der Waals surface area contributed by atoms with Crippen LogP contribution in [-0.2, 0) is 4.74 Å². The first kappa shape index (κ1) is 15.0. The van der Waals surface area contributed by atoms with Gasteiger partial charge < -0.3 is 29.2 Å². The third kappa shape index (κ3) is 2.71. The minimum absolute atomic E-state index is 0.148. The number of hydrogen-bond donors (Lipinski definition) is 3. The van der Waals surface area contributed by atoms with Crippen molar-refractivity contribution in [1.29, 1.82) is 0 Å². The monoisotopic (exact) mass is 308 g/mol. The van der Waals surface area contributed by atoms with Gasteiger partial charge in [0.15, 0.2) is 0 Å². The van der Waals surface area contributed by atoms with E-state index in [4.69, 9.17) is 13.9 Å². The summed E-state index contributed by atoms with van der Waals surface area (Å²) in [6.45, 7) is 1.65. The zero-order valence-corrected chi connectivity index (χ0v) is 11.8. The molecule has 0 bridgehead atoms. The highest BCUT2D eigenvalue weighted by Gasteiger charge is 2.39. The predicted molar refractivity (Wildman–Crippen MR) is 75.6 cm³/mol. The number of aliphatic hydroxyl groups excluding tert-OH is 3. The minimum atomic E-state index is -1.39. The largest absolute Gasteiger partial charge is 0.462 e. The number of fused-ring (bicyclic) bond motifs is 1. The molecule has 2 heterocycles. The molecular weight excluding hydrogens is 292 g/mol. The van der Waals surface area contributed by atoms with E-state index < -0.39 is 30.2 Å². The Morgan fingerprint density at radius 3 is 2.73 bits per heavy atom. The van der Waals surface area contributed by atoms with Gasteiger partial charge in [-0.3, -0.25) is 0 Å². The van der Waals surface area contributed by atoms with Gasteiger partial charge in [0, 0.05) is 17.5 Å². The standard InChI is InChI=1S/C15H16O7/c1-7-4-12(17)22-11-5-8(2-3-9(7)11)21-15-14(19)13(18)10(16)6-20-15/h2-5,10,13-16,18-19H,6H2,1H3/t10-,13+,14?,15-/m0/s1. The average molecular weight is 308 g/mol. The average Bonchev–Trinajstić information content (AvgIpc) is 2.47. The first-order chi connectivity index (χ1) is 10.5. The molecule has 22 heavy (non-hydrogen) atoms. The van der Waals surface area contributed by atoms with Crippen LogP contribution in [0.25, 0.3) is 11.0 Å². The van der Waals surface area contributed by atoms with Gasteiger partial charge in [0.05, 0.1) is 6.61 Å². The van der Waals surface area contributed by atoms with Crippen LogP contribution in [-0.4, -0.2) is 46.5 Å². The molecule has 118 valence electrons. The molecule has 1 fully saturated rings. The van der Waals surface area contributed by atoms with E-state index in [2.05, 4.69) is 0 Å². The summed E-state index contributed by atoms with van der Waals surface area (Å²) in [6, 6.07) is 6.28. The molecule has 3 N–H and O–H groups in total. The Hall–Kier alpha value is -1.93. The van der Waals surface area contributed by atoms with Gasteiger partial charge in [-0.2, -0.15) is 0 Å². The molecule has 0 amide bonds. The molecular formula is C15H16O7. The van der Waals surface area contributed by atoms with Crippen molar-refractivity contribution < 1.29 is 29.2 Å². The number of aliphatic hydroxyl groups is 3. The second kappa shape index (κ2) is 5.69. The maximum absolute atomic E-state index is 11.4. The van der Waals surface area contributed by atoms with E-state index in [-0.39, 0.29) is 6.61 Å². The molecule has 2 aromatic rings. The Morgan fingerprint density at radius 2 is 1.95 bits per heavy atom. The van der Waals surface area contributed by atoms with E-state index in [1.54, 1.807) is 19.1 Å². The maximum Gasteiger partial charge on any atom is 0.336 e. The molecule has 3 rings (SSSR count). The van der Waals surface area contributed by atoms with Gasteiger partial charge in [0.1, 0.15) is 29.6 Å². The summed E-state index contributed by atoms with van der Waals surface area (Å²) < 4.78 is 15.7. The quantitative estimate of drug-likeness (QED) is 0.666. The highest BCUT2D eigenvalue weighted by atomic mass is 16.7. The molecule has 0 radical (unpaired) electrons. The van der Waals surface area contributed by atoms with Crippen molar-refractivity contribution in [3.63, 3.8) is 0 Å². The van der Waals surface area contributed by atoms with E-state index in [0.717, 1.165) is 10.9 Å². The lowest BCUT2D eigenvalue weighted by atomic mass is 10.1. The highest BCUT2D eigenvalue weighted by molar-refractivity contribution is 5.81. The normalized spacial score (nSPS) is 28.7. The molecule has 1 aromatic heterocycles. The van der Waals surface area contributed by atoms with Gasteiger partial charge in [-0.25, -0.2) is 4.79 Å². The number of benzene rings is 1. The van der Waals surface area contributed by atoms with Crippen LogP contribution in [0.3, 0.4) is 0 Å². The van der Waals surface area contributed by atoms with E-state index in [1.807, 2.05) is 0 Å². The number of rotatable bonds is 2. The van der Waals surface area contributed by atoms with Crippen molar-refractivity contribution >= 4 is 11.0 Å². The zero-order valence-electron chi connectivity index (χ0n) is 11.8. The van der Waals surface area contributed by atoms with Crippen LogP contribution in [0, 0.1) is 6.92 Å². The van der Waals surface area contributed by atoms with Crippen LogP contribution >= 0.6 is 0 Å². The second-order valence-corrected chi connectivity index (χ2v) is 5.27. The first-order valence-electron chi connectivity index (χ1n) is 6.82. The smallest absolute Gasteiger partial charge is 0.336 e. The molecule has 1 saturated heterocycles. The zero-order chi connectivity index (χ0) is 15.9. The van der Waals surface area contributed by atoms with Gasteiger partial charge in [-0.1, -0.05) is 0 Å². The van der Waals surface area contributed by atoms with Gasteiger partial charge in [-0.15, -0.1) is 0 Å². The summed E-state index contributed by atoms with van der Waals surface area (Å²) >= 11 is 0. The fraction of sp³-hybridized carbons (Fsp3) is 0.400. The molecule has 1 aromatic carbocycles. The van der Waals surface area contributed by atoms with Crippen LogP contribution in [0.4, 0.5) is 0 Å². The van der Waals surface area contributed by atoms with E-state index in [0.29, 0.717) is 11.3 Å². The van der Waals surface area contributed by atoms with Crippen LogP contribution in [0.5, 0.6) is 5.75 Å². The molecule has 4 atom stereocenters. The Balaban J connectivity index is 1.87. The molecule has 1 aliphatic rings. The molecule has 7 heteroatoms. The summed E-state index contributed by atoms with van der Waals surface area (Å²) in [4.78, 5) is 11.4. The lowest BCUT2D eigenvalue weighted by molar-refractivity contribution is -0.242. The van der Waals surface area contributed by atoms with Crippen LogP contribution in [0.1, 0.15) is 5.56 Å². The first-order valence-corrected chi connectivity index (χ1v) is 6.82. The van der Waals surface area contributed by atoms with Crippen molar-refractivity contribution in [1.82, 2.24) is 0 Å². The Bertz CT molecular complexity index is 738. The van der Waals surface area contributed by atoms with Crippen molar-refractivity contribution in [2.45, 2.75) is 31.5 Å². The van der Waals surface area contributed by atoms with Gasteiger partial charge in [-0.05, 0) is 24.6 Å². The SMILES string of the molecule is Cc1cc(=O)oc2cc(O[C@@H]3OC[C@H](O)[C@@H](O)C3O)ccc12. The summed E-state index contributed by atoms with van der Waals surface area (Å²) in [5.41, 5.74) is 0.674. The second-order valence-electron chi connectivity index (χ2n) is 5.27. The van der Waals surface area contributed by atoms with Crippen LogP contribution in [0.15, 0.2) is 33.5 Å². The lowest BCUT2D eigenvalue weighted by Gasteiger charge is -2.34. The van der Waals surface area contributed by atoms with Gasteiger partial charge >= 0.3 is 5.63 Å². The molecule has 0 aliphatic carbocycles. The molecule has 0 spiro atoms. The van der Waals surface area contributed by atoms with Crippen LogP contribution in [0.2, 0.25) is 0 Å². The van der Waals surface area contributed by atoms with Gasteiger partial charge in [0.2, 0.25) is 6.29 Å². The summed E-state index contributed by atoms with van der Waals surface area (Å²) in [7, 11) is 0. The predicted octanol–water partition coefficient (Wildman–Crippen LogP) is -0.0808. The van der Waals surface area contributed by atoms with E-state index in [9.17, 15) is 20.1 Å². The molecule has 1 unspecified atom stereocenters. The lowest BCUT2D eigenvalue weighted by Crippen LogP contribution is -2.54. The topological polar surface area (TPSA) is 109 Å². The molecule has 1 aliphatic heterocycles. The Kier molecular flexibility index (Phi) is 3.88. The molecule has 0 saturated carbocycles. The third-order valence-corrected chi connectivity index (χ3v) is 3.63. The Labute approximate surface area is 125 Å². The van der Waals surface area contributed by atoms with Crippen molar-refractivity contribution in [3.05, 3.63) is 40.2 Å².